The Hall–Kier alpha value is -2.72. The summed E-state index contributed by atoms with van der Waals surface area (Å²) in [6, 6.07) is 24.1. The van der Waals surface area contributed by atoms with Gasteiger partial charge in [-0.2, -0.15) is 0 Å². The van der Waals surface area contributed by atoms with Gasteiger partial charge < -0.3 is 10.1 Å². The molecule has 1 atom stereocenters. The molecule has 3 rings (SSSR count). The van der Waals surface area contributed by atoms with E-state index < -0.39 is 0 Å². The number of aryl methyl sites for hydroxylation is 2. The Bertz CT molecular complexity index is 936. The van der Waals surface area contributed by atoms with Gasteiger partial charge in [0.05, 0.1) is 6.04 Å². The third-order valence-electron chi connectivity index (χ3n) is 4.60. The second kappa shape index (κ2) is 10.2. The van der Waals surface area contributed by atoms with E-state index in [1.165, 1.54) is 16.0 Å². The zero-order chi connectivity index (χ0) is 20.6. The quantitative estimate of drug-likeness (QED) is 0.482. The Morgan fingerprint density at radius 3 is 2.34 bits per heavy atom. The Balaban J connectivity index is 1.47. The summed E-state index contributed by atoms with van der Waals surface area (Å²) in [5, 5.41) is 3.00. The van der Waals surface area contributed by atoms with E-state index in [1.807, 2.05) is 62.4 Å². The normalized spacial score (nSPS) is 11.7. The van der Waals surface area contributed by atoms with Gasteiger partial charge in [-0.05, 0) is 62.2 Å². The zero-order valence-corrected chi connectivity index (χ0v) is 18.0. The maximum Gasteiger partial charge on any atom is 0.251 e. The highest BCUT2D eigenvalue weighted by atomic mass is 32.2. The molecule has 0 aliphatic rings. The molecule has 0 spiro atoms. The average molecular weight is 406 g/mol. The van der Waals surface area contributed by atoms with Crippen LogP contribution >= 0.6 is 11.8 Å². The molecule has 29 heavy (non-hydrogen) atoms. The molecule has 1 N–H and O–H groups in total. The van der Waals surface area contributed by atoms with Crippen molar-refractivity contribution in [2.75, 3.05) is 6.61 Å². The van der Waals surface area contributed by atoms with E-state index >= 15 is 0 Å². The van der Waals surface area contributed by atoms with E-state index in [4.69, 9.17) is 4.74 Å². The third kappa shape index (κ3) is 6.40. The van der Waals surface area contributed by atoms with Crippen LogP contribution in [0.5, 0.6) is 5.75 Å². The van der Waals surface area contributed by atoms with E-state index in [2.05, 4.69) is 36.5 Å². The molecule has 4 heteroatoms. The average Bonchev–Trinajstić information content (AvgIpc) is 2.73. The molecule has 0 aromatic heterocycles. The molecular formula is C25H27NO2S. The van der Waals surface area contributed by atoms with Crippen LogP contribution in [0.3, 0.4) is 0 Å². The number of amides is 1. The van der Waals surface area contributed by atoms with Crippen LogP contribution in [0.4, 0.5) is 0 Å². The van der Waals surface area contributed by atoms with Crippen molar-refractivity contribution in [3.05, 3.63) is 95.1 Å². The van der Waals surface area contributed by atoms with Crippen molar-refractivity contribution in [1.82, 2.24) is 5.32 Å². The fraction of sp³-hybridized carbons (Fsp3) is 0.240. The standard InChI is InChI=1S/C25H27NO2S/c1-18-8-14-23(15-9-18)29-17-21-10-12-22(13-11-21)25(27)26-20(3)16-28-24-7-5-4-6-19(24)2/h4-15,20H,16-17H2,1-3H3,(H,26,27). The number of hydrogen-bond donors (Lipinski definition) is 1. The van der Waals surface area contributed by atoms with Crippen LogP contribution in [-0.2, 0) is 5.75 Å². The van der Waals surface area contributed by atoms with E-state index in [-0.39, 0.29) is 11.9 Å². The summed E-state index contributed by atoms with van der Waals surface area (Å²) >= 11 is 1.80. The van der Waals surface area contributed by atoms with Gasteiger partial charge in [-0.1, -0.05) is 48.0 Å². The molecule has 0 aliphatic carbocycles. The minimum atomic E-state index is -0.0844. The number of para-hydroxylation sites is 1. The first-order valence-electron chi connectivity index (χ1n) is 9.79. The molecule has 150 valence electrons. The second-order valence-corrected chi connectivity index (χ2v) is 8.30. The van der Waals surface area contributed by atoms with Crippen LogP contribution in [0.1, 0.15) is 34.0 Å². The Morgan fingerprint density at radius 2 is 1.66 bits per heavy atom. The molecule has 0 aliphatic heterocycles. The predicted molar refractivity (Wildman–Crippen MR) is 121 cm³/mol. The molecule has 0 fully saturated rings. The van der Waals surface area contributed by atoms with E-state index in [0.29, 0.717) is 12.2 Å². The lowest BCUT2D eigenvalue weighted by Crippen LogP contribution is -2.36. The SMILES string of the molecule is Cc1ccc(SCc2ccc(C(=O)NC(C)COc3ccccc3C)cc2)cc1. The summed E-state index contributed by atoms with van der Waals surface area (Å²) in [6.07, 6.45) is 0. The van der Waals surface area contributed by atoms with Crippen LogP contribution in [0.25, 0.3) is 0 Å². The van der Waals surface area contributed by atoms with Crippen molar-refractivity contribution in [2.45, 2.75) is 37.5 Å². The van der Waals surface area contributed by atoms with Crippen molar-refractivity contribution in [1.29, 1.82) is 0 Å². The largest absolute Gasteiger partial charge is 0.491 e. The van der Waals surface area contributed by atoms with Crippen molar-refractivity contribution in [3.63, 3.8) is 0 Å². The van der Waals surface area contributed by atoms with Gasteiger partial charge in [-0.25, -0.2) is 0 Å². The lowest BCUT2D eigenvalue weighted by Gasteiger charge is -2.16. The smallest absolute Gasteiger partial charge is 0.251 e. The highest BCUT2D eigenvalue weighted by Gasteiger charge is 2.11. The van der Waals surface area contributed by atoms with Crippen molar-refractivity contribution < 1.29 is 9.53 Å². The maximum absolute atomic E-state index is 12.5. The number of hydrogen-bond acceptors (Lipinski definition) is 3. The fourth-order valence-corrected chi connectivity index (χ4v) is 3.69. The molecular weight excluding hydrogens is 378 g/mol. The minimum absolute atomic E-state index is 0.0800. The van der Waals surface area contributed by atoms with Gasteiger partial charge in [0.25, 0.3) is 5.91 Å². The minimum Gasteiger partial charge on any atom is -0.491 e. The number of nitrogens with one attached hydrogen (secondary N) is 1. The van der Waals surface area contributed by atoms with Gasteiger partial charge in [-0.15, -0.1) is 11.8 Å². The van der Waals surface area contributed by atoms with E-state index in [0.717, 1.165) is 17.1 Å². The Kier molecular flexibility index (Phi) is 7.36. The molecule has 3 aromatic carbocycles. The molecule has 0 radical (unpaired) electrons. The number of carbonyl (C=O) groups excluding carboxylic acids is 1. The molecule has 0 bridgehead atoms. The number of carbonyl (C=O) groups is 1. The Labute approximate surface area is 177 Å². The van der Waals surface area contributed by atoms with E-state index in [9.17, 15) is 4.79 Å². The van der Waals surface area contributed by atoms with Crippen molar-refractivity contribution in [3.8, 4) is 5.75 Å². The van der Waals surface area contributed by atoms with Crippen LogP contribution < -0.4 is 10.1 Å². The van der Waals surface area contributed by atoms with Gasteiger partial charge in [0.2, 0.25) is 0 Å². The molecule has 3 nitrogen and oxygen atoms in total. The lowest BCUT2D eigenvalue weighted by atomic mass is 10.1. The summed E-state index contributed by atoms with van der Waals surface area (Å²) < 4.78 is 5.82. The lowest BCUT2D eigenvalue weighted by molar-refractivity contribution is 0.0926. The van der Waals surface area contributed by atoms with Crippen LogP contribution in [-0.4, -0.2) is 18.6 Å². The van der Waals surface area contributed by atoms with Crippen molar-refractivity contribution in [2.24, 2.45) is 0 Å². The van der Waals surface area contributed by atoms with Crippen LogP contribution in [0.15, 0.2) is 77.7 Å². The zero-order valence-electron chi connectivity index (χ0n) is 17.1. The van der Waals surface area contributed by atoms with Gasteiger partial charge in [0.1, 0.15) is 12.4 Å². The summed E-state index contributed by atoms with van der Waals surface area (Å²) in [5.74, 6) is 1.65. The summed E-state index contributed by atoms with van der Waals surface area (Å²) in [5.41, 5.74) is 4.22. The second-order valence-electron chi connectivity index (χ2n) is 7.25. The highest BCUT2D eigenvalue weighted by molar-refractivity contribution is 7.98. The molecule has 1 amide bonds. The topological polar surface area (TPSA) is 38.3 Å². The van der Waals surface area contributed by atoms with Crippen LogP contribution in [0.2, 0.25) is 0 Å². The predicted octanol–water partition coefficient (Wildman–Crippen LogP) is 5.79. The number of rotatable bonds is 8. The monoisotopic (exact) mass is 405 g/mol. The Morgan fingerprint density at radius 1 is 0.966 bits per heavy atom. The van der Waals surface area contributed by atoms with E-state index in [1.54, 1.807) is 11.8 Å². The highest BCUT2D eigenvalue weighted by Crippen LogP contribution is 2.23. The first-order valence-corrected chi connectivity index (χ1v) is 10.8. The number of ether oxygens (including phenoxy) is 1. The first-order chi connectivity index (χ1) is 14.0. The van der Waals surface area contributed by atoms with Gasteiger partial charge in [-0.3, -0.25) is 4.79 Å². The molecule has 0 saturated carbocycles. The van der Waals surface area contributed by atoms with Gasteiger partial charge in [0.15, 0.2) is 0 Å². The number of thioether (sulfide) groups is 1. The molecule has 3 aromatic rings. The van der Waals surface area contributed by atoms with Gasteiger partial charge in [0, 0.05) is 16.2 Å². The first kappa shape index (κ1) is 21.0. The van der Waals surface area contributed by atoms with Crippen molar-refractivity contribution >= 4 is 17.7 Å². The maximum atomic E-state index is 12.5. The fourth-order valence-electron chi connectivity index (χ4n) is 2.84. The number of benzene rings is 3. The summed E-state index contributed by atoms with van der Waals surface area (Å²) in [6.45, 7) is 6.48. The molecule has 0 heterocycles. The summed E-state index contributed by atoms with van der Waals surface area (Å²) in [4.78, 5) is 13.7. The molecule has 1 unspecified atom stereocenters. The summed E-state index contributed by atoms with van der Waals surface area (Å²) in [7, 11) is 0. The van der Waals surface area contributed by atoms with Gasteiger partial charge >= 0.3 is 0 Å². The molecule has 0 saturated heterocycles. The van der Waals surface area contributed by atoms with Crippen LogP contribution in [0, 0.1) is 13.8 Å². The third-order valence-corrected chi connectivity index (χ3v) is 5.69.